The first-order chi connectivity index (χ1) is 8.72. The largest absolute Gasteiger partial charge is 0.381 e. The summed E-state index contributed by atoms with van der Waals surface area (Å²) in [5.41, 5.74) is -0.0581. The molecule has 0 bridgehead atoms. The minimum absolute atomic E-state index is 0.0581. The van der Waals surface area contributed by atoms with Gasteiger partial charge >= 0.3 is 5.69 Å². The van der Waals surface area contributed by atoms with Crippen LogP contribution in [0.3, 0.4) is 0 Å². The summed E-state index contributed by atoms with van der Waals surface area (Å²) in [4.78, 5) is 11.8. The summed E-state index contributed by atoms with van der Waals surface area (Å²) in [6.45, 7) is 5.33. The zero-order valence-corrected chi connectivity index (χ0v) is 11.1. The number of aryl methyl sites for hydroxylation is 1. The molecule has 1 aliphatic rings. The van der Waals surface area contributed by atoms with Gasteiger partial charge in [0.05, 0.1) is 13.2 Å². The molecule has 2 heterocycles. The van der Waals surface area contributed by atoms with Crippen LogP contribution in [-0.2, 0) is 18.3 Å². The standard InChI is InChI=1S/C12H22N4O2/c1-3-5-13-11(10-4-6-18-8-10)7-16-12(17)15(2)9-14-16/h9-11,13H,3-8H2,1-2H3. The van der Waals surface area contributed by atoms with E-state index in [0.717, 1.165) is 32.6 Å². The highest BCUT2D eigenvalue weighted by Gasteiger charge is 2.26. The minimum Gasteiger partial charge on any atom is -0.381 e. The van der Waals surface area contributed by atoms with Gasteiger partial charge in [0.1, 0.15) is 6.33 Å². The van der Waals surface area contributed by atoms with E-state index in [-0.39, 0.29) is 11.7 Å². The van der Waals surface area contributed by atoms with Crippen LogP contribution in [0.5, 0.6) is 0 Å². The Labute approximate surface area is 107 Å². The topological polar surface area (TPSA) is 61.1 Å². The van der Waals surface area contributed by atoms with Crippen LogP contribution in [0.1, 0.15) is 19.8 Å². The molecule has 2 rings (SSSR count). The molecule has 0 amide bonds. The fourth-order valence-corrected chi connectivity index (χ4v) is 2.31. The third-order valence-corrected chi connectivity index (χ3v) is 3.45. The van der Waals surface area contributed by atoms with E-state index in [1.165, 1.54) is 9.25 Å². The molecule has 102 valence electrons. The predicted molar refractivity (Wildman–Crippen MR) is 68.5 cm³/mol. The second kappa shape index (κ2) is 6.15. The van der Waals surface area contributed by atoms with Crippen LogP contribution in [0.25, 0.3) is 0 Å². The van der Waals surface area contributed by atoms with Crippen molar-refractivity contribution in [3.05, 3.63) is 16.8 Å². The number of hydrogen-bond donors (Lipinski definition) is 1. The molecule has 6 heteroatoms. The Kier molecular flexibility index (Phi) is 4.54. The fourth-order valence-electron chi connectivity index (χ4n) is 2.31. The van der Waals surface area contributed by atoms with Gasteiger partial charge in [-0.2, -0.15) is 5.10 Å². The highest BCUT2D eigenvalue weighted by atomic mass is 16.5. The molecule has 0 saturated carbocycles. The maximum absolute atomic E-state index is 11.8. The highest BCUT2D eigenvalue weighted by molar-refractivity contribution is 4.80. The molecule has 0 aromatic carbocycles. The quantitative estimate of drug-likeness (QED) is 0.775. The summed E-state index contributed by atoms with van der Waals surface area (Å²) in [6.07, 6.45) is 3.70. The molecular formula is C12H22N4O2. The molecule has 2 unspecified atom stereocenters. The van der Waals surface area contributed by atoms with Crippen molar-refractivity contribution in [1.29, 1.82) is 0 Å². The van der Waals surface area contributed by atoms with Gasteiger partial charge in [0.2, 0.25) is 0 Å². The molecule has 0 radical (unpaired) electrons. The fraction of sp³-hybridized carbons (Fsp3) is 0.833. The van der Waals surface area contributed by atoms with E-state index in [2.05, 4.69) is 17.3 Å². The maximum Gasteiger partial charge on any atom is 0.345 e. The van der Waals surface area contributed by atoms with Crippen LogP contribution in [0, 0.1) is 5.92 Å². The lowest BCUT2D eigenvalue weighted by Gasteiger charge is -2.23. The van der Waals surface area contributed by atoms with E-state index in [1.54, 1.807) is 13.4 Å². The van der Waals surface area contributed by atoms with Gasteiger partial charge in [-0.3, -0.25) is 4.57 Å². The number of rotatable bonds is 6. The molecule has 2 atom stereocenters. The van der Waals surface area contributed by atoms with Gasteiger partial charge in [0.25, 0.3) is 0 Å². The average Bonchev–Trinajstić information content (AvgIpc) is 2.99. The van der Waals surface area contributed by atoms with Gasteiger partial charge in [0.15, 0.2) is 0 Å². The Balaban J connectivity index is 2.04. The van der Waals surface area contributed by atoms with E-state index < -0.39 is 0 Å². The van der Waals surface area contributed by atoms with Crippen molar-refractivity contribution >= 4 is 0 Å². The Morgan fingerprint density at radius 1 is 1.67 bits per heavy atom. The highest BCUT2D eigenvalue weighted by Crippen LogP contribution is 2.17. The summed E-state index contributed by atoms with van der Waals surface area (Å²) in [7, 11) is 1.72. The third kappa shape index (κ3) is 3.00. The molecule has 1 aromatic rings. The lowest BCUT2D eigenvalue weighted by atomic mass is 9.99. The third-order valence-electron chi connectivity index (χ3n) is 3.45. The van der Waals surface area contributed by atoms with Crippen molar-refractivity contribution in [3.8, 4) is 0 Å². The van der Waals surface area contributed by atoms with Crippen LogP contribution >= 0.6 is 0 Å². The summed E-state index contributed by atoms with van der Waals surface area (Å²) in [5, 5.41) is 7.63. The summed E-state index contributed by atoms with van der Waals surface area (Å²) >= 11 is 0. The van der Waals surface area contributed by atoms with Crippen LogP contribution < -0.4 is 11.0 Å². The zero-order valence-electron chi connectivity index (χ0n) is 11.1. The monoisotopic (exact) mass is 254 g/mol. The Morgan fingerprint density at radius 2 is 2.50 bits per heavy atom. The van der Waals surface area contributed by atoms with Crippen molar-refractivity contribution in [2.75, 3.05) is 19.8 Å². The number of nitrogens with one attached hydrogen (secondary N) is 1. The van der Waals surface area contributed by atoms with E-state index >= 15 is 0 Å². The molecule has 1 aliphatic heterocycles. The van der Waals surface area contributed by atoms with Gasteiger partial charge in [-0.25, -0.2) is 9.48 Å². The van der Waals surface area contributed by atoms with Crippen molar-refractivity contribution < 1.29 is 4.74 Å². The van der Waals surface area contributed by atoms with E-state index in [4.69, 9.17) is 4.74 Å². The smallest absolute Gasteiger partial charge is 0.345 e. The van der Waals surface area contributed by atoms with Crippen molar-refractivity contribution in [1.82, 2.24) is 19.7 Å². The molecule has 0 spiro atoms. The summed E-state index contributed by atoms with van der Waals surface area (Å²) in [6, 6.07) is 0.264. The second-order valence-corrected chi connectivity index (χ2v) is 4.89. The van der Waals surface area contributed by atoms with Gasteiger partial charge < -0.3 is 10.1 Å². The molecule has 1 saturated heterocycles. The van der Waals surface area contributed by atoms with Crippen LogP contribution in [0.2, 0.25) is 0 Å². The molecule has 6 nitrogen and oxygen atoms in total. The molecule has 1 N–H and O–H groups in total. The normalized spacial score (nSPS) is 21.3. The van der Waals surface area contributed by atoms with Crippen LogP contribution in [0.4, 0.5) is 0 Å². The summed E-state index contributed by atoms with van der Waals surface area (Å²) < 4.78 is 8.47. The lowest BCUT2D eigenvalue weighted by Crippen LogP contribution is -2.43. The number of aromatic nitrogens is 3. The molecule has 1 aromatic heterocycles. The van der Waals surface area contributed by atoms with E-state index in [0.29, 0.717) is 12.5 Å². The van der Waals surface area contributed by atoms with Crippen molar-refractivity contribution in [2.24, 2.45) is 13.0 Å². The first-order valence-corrected chi connectivity index (χ1v) is 6.62. The number of ether oxygens (including phenoxy) is 1. The minimum atomic E-state index is -0.0581. The predicted octanol–water partition coefficient (Wildman–Crippen LogP) is -0.0135. The van der Waals surface area contributed by atoms with Gasteiger partial charge in [-0.15, -0.1) is 0 Å². The molecule has 18 heavy (non-hydrogen) atoms. The molecule has 1 fully saturated rings. The Bertz CT molecular complexity index is 420. The Hall–Kier alpha value is -1.14. The average molecular weight is 254 g/mol. The van der Waals surface area contributed by atoms with Crippen LogP contribution in [0.15, 0.2) is 11.1 Å². The van der Waals surface area contributed by atoms with E-state index in [1.807, 2.05) is 0 Å². The Morgan fingerprint density at radius 3 is 3.06 bits per heavy atom. The molecule has 0 aliphatic carbocycles. The lowest BCUT2D eigenvalue weighted by molar-refractivity contribution is 0.172. The number of hydrogen-bond acceptors (Lipinski definition) is 4. The van der Waals surface area contributed by atoms with Gasteiger partial charge in [0, 0.05) is 25.6 Å². The molecular weight excluding hydrogens is 232 g/mol. The first kappa shape index (κ1) is 13.3. The maximum atomic E-state index is 11.8. The SMILES string of the molecule is CCCNC(Cn1ncn(C)c1=O)C1CCOC1. The number of nitrogens with zero attached hydrogens (tertiary/aromatic N) is 3. The van der Waals surface area contributed by atoms with Gasteiger partial charge in [-0.05, 0) is 19.4 Å². The van der Waals surface area contributed by atoms with Crippen molar-refractivity contribution in [3.63, 3.8) is 0 Å². The van der Waals surface area contributed by atoms with Crippen molar-refractivity contribution in [2.45, 2.75) is 32.4 Å². The van der Waals surface area contributed by atoms with Crippen LogP contribution in [-0.4, -0.2) is 40.1 Å². The summed E-state index contributed by atoms with van der Waals surface area (Å²) in [5.74, 6) is 0.477. The zero-order chi connectivity index (χ0) is 13.0. The first-order valence-electron chi connectivity index (χ1n) is 6.62. The second-order valence-electron chi connectivity index (χ2n) is 4.89. The van der Waals surface area contributed by atoms with Gasteiger partial charge in [-0.1, -0.05) is 6.92 Å². The van der Waals surface area contributed by atoms with E-state index in [9.17, 15) is 4.79 Å².